The first-order chi connectivity index (χ1) is 12.1. The van der Waals surface area contributed by atoms with Gasteiger partial charge in [0.05, 0.1) is 18.4 Å². The summed E-state index contributed by atoms with van der Waals surface area (Å²) in [5.74, 6) is 0.521. The summed E-state index contributed by atoms with van der Waals surface area (Å²) >= 11 is 0. The summed E-state index contributed by atoms with van der Waals surface area (Å²) in [4.78, 5) is 16.5. The van der Waals surface area contributed by atoms with Crippen LogP contribution in [-0.2, 0) is 6.42 Å². The van der Waals surface area contributed by atoms with Crippen molar-refractivity contribution >= 4 is 5.78 Å². The summed E-state index contributed by atoms with van der Waals surface area (Å²) in [5.41, 5.74) is 1.52. The van der Waals surface area contributed by atoms with Crippen molar-refractivity contribution in [3.63, 3.8) is 0 Å². The van der Waals surface area contributed by atoms with Crippen LogP contribution in [0.1, 0.15) is 22.5 Å². The molecule has 0 saturated carbocycles. The third kappa shape index (κ3) is 3.63. The first-order valence-electron chi connectivity index (χ1n) is 7.71. The highest BCUT2D eigenvalue weighted by Gasteiger charge is 2.13. The fourth-order valence-corrected chi connectivity index (χ4v) is 2.46. The topological polar surface area (TPSA) is 92.8 Å². The zero-order valence-electron chi connectivity index (χ0n) is 13.6. The molecular weight excluding hydrogens is 322 g/mol. The standard InChI is InChI=1S/C19H17NO5/c1-24-18-9-6-12(10-17(18)23)19-20-13(11-25-19)7-8-16(22)14-4-2-3-5-15(14)21/h2-6,9-11,21,23H,7-8H2,1H3. The van der Waals surface area contributed by atoms with Gasteiger partial charge < -0.3 is 19.4 Å². The number of methoxy groups -OCH3 is 1. The second kappa shape index (κ2) is 7.09. The first-order valence-corrected chi connectivity index (χ1v) is 7.71. The van der Waals surface area contributed by atoms with Gasteiger partial charge in [-0.2, -0.15) is 0 Å². The third-order valence-electron chi connectivity index (χ3n) is 3.79. The molecule has 3 rings (SSSR count). The monoisotopic (exact) mass is 339 g/mol. The van der Waals surface area contributed by atoms with Crippen LogP contribution in [0.2, 0.25) is 0 Å². The van der Waals surface area contributed by atoms with E-state index < -0.39 is 0 Å². The van der Waals surface area contributed by atoms with Gasteiger partial charge in [0.2, 0.25) is 5.89 Å². The molecule has 25 heavy (non-hydrogen) atoms. The molecule has 6 nitrogen and oxygen atoms in total. The molecule has 0 spiro atoms. The number of ketones is 1. The number of ether oxygens (including phenoxy) is 1. The number of phenolic OH excluding ortho intramolecular Hbond substituents is 2. The van der Waals surface area contributed by atoms with Gasteiger partial charge in [0.25, 0.3) is 0 Å². The largest absolute Gasteiger partial charge is 0.507 e. The van der Waals surface area contributed by atoms with Gasteiger partial charge in [0.15, 0.2) is 17.3 Å². The number of phenols is 2. The molecule has 0 saturated heterocycles. The van der Waals surface area contributed by atoms with Crippen molar-refractivity contribution in [3.8, 4) is 28.7 Å². The number of rotatable bonds is 6. The van der Waals surface area contributed by atoms with E-state index in [1.54, 1.807) is 30.3 Å². The van der Waals surface area contributed by atoms with Crippen molar-refractivity contribution in [2.24, 2.45) is 0 Å². The number of Topliss-reactive ketones (excluding diaryl/α,β-unsaturated/α-hetero) is 1. The molecule has 0 fully saturated rings. The molecule has 128 valence electrons. The van der Waals surface area contributed by atoms with E-state index in [2.05, 4.69) is 4.98 Å². The van der Waals surface area contributed by atoms with E-state index in [-0.39, 0.29) is 23.7 Å². The third-order valence-corrected chi connectivity index (χ3v) is 3.79. The number of para-hydroxylation sites is 1. The quantitative estimate of drug-likeness (QED) is 0.667. The SMILES string of the molecule is COc1ccc(-c2nc(CCC(=O)c3ccccc3O)co2)cc1O. The van der Waals surface area contributed by atoms with Crippen LogP contribution in [0.5, 0.6) is 17.2 Å². The number of benzene rings is 2. The van der Waals surface area contributed by atoms with Crippen LogP contribution >= 0.6 is 0 Å². The van der Waals surface area contributed by atoms with E-state index in [9.17, 15) is 15.0 Å². The molecular formula is C19H17NO5. The van der Waals surface area contributed by atoms with Crippen molar-refractivity contribution in [1.82, 2.24) is 4.98 Å². The number of carbonyl (C=O) groups excluding carboxylic acids is 1. The Balaban J connectivity index is 1.69. The minimum atomic E-state index is -0.162. The van der Waals surface area contributed by atoms with E-state index in [0.717, 1.165) is 0 Å². The number of oxazole rings is 1. The molecule has 3 aromatic rings. The predicted molar refractivity (Wildman–Crippen MR) is 90.9 cm³/mol. The summed E-state index contributed by atoms with van der Waals surface area (Å²) in [7, 11) is 1.47. The lowest BCUT2D eigenvalue weighted by Crippen LogP contribution is -2.01. The molecule has 2 N–H and O–H groups in total. The Morgan fingerprint density at radius 2 is 1.96 bits per heavy atom. The van der Waals surface area contributed by atoms with Gasteiger partial charge in [-0.05, 0) is 30.3 Å². The van der Waals surface area contributed by atoms with Crippen molar-refractivity contribution in [2.75, 3.05) is 7.11 Å². The van der Waals surface area contributed by atoms with Crippen molar-refractivity contribution in [1.29, 1.82) is 0 Å². The molecule has 0 atom stereocenters. The van der Waals surface area contributed by atoms with E-state index in [1.807, 2.05) is 0 Å². The zero-order valence-corrected chi connectivity index (χ0v) is 13.6. The molecule has 0 amide bonds. The van der Waals surface area contributed by atoms with Crippen LogP contribution in [0.25, 0.3) is 11.5 Å². The van der Waals surface area contributed by atoms with Crippen molar-refractivity contribution < 1.29 is 24.2 Å². The summed E-state index contributed by atoms with van der Waals surface area (Å²) < 4.78 is 10.4. The number of hydrogen-bond acceptors (Lipinski definition) is 6. The van der Waals surface area contributed by atoms with Gasteiger partial charge in [-0.3, -0.25) is 4.79 Å². The maximum Gasteiger partial charge on any atom is 0.226 e. The van der Waals surface area contributed by atoms with Crippen molar-refractivity contribution in [3.05, 3.63) is 60.0 Å². The Hall–Kier alpha value is -3.28. The Morgan fingerprint density at radius 1 is 1.16 bits per heavy atom. The Labute approximate surface area is 144 Å². The maximum atomic E-state index is 12.2. The Bertz CT molecular complexity index is 900. The van der Waals surface area contributed by atoms with Gasteiger partial charge in [-0.15, -0.1) is 0 Å². The second-order valence-corrected chi connectivity index (χ2v) is 5.47. The summed E-state index contributed by atoms with van der Waals surface area (Å²) in [6.07, 6.45) is 2.07. The number of aromatic nitrogens is 1. The minimum Gasteiger partial charge on any atom is -0.507 e. The van der Waals surface area contributed by atoms with Gasteiger partial charge in [0, 0.05) is 18.4 Å². The molecule has 0 aliphatic rings. The van der Waals surface area contributed by atoms with Gasteiger partial charge in [0.1, 0.15) is 12.0 Å². The Kier molecular flexibility index (Phi) is 4.70. The van der Waals surface area contributed by atoms with E-state index in [4.69, 9.17) is 9.15 Å². The van der Waals surface area contributed by atoms with Crippen LogP contribution in [-0.4, -0.2) is 28.1 Å². The van der Waals surface area contributed by atoms with E-state index in [1.165, 1.54) is 25.5 Å². The maximum absolute atomic E-state index is 12.2. The number of nitrogens with zero attached hydrogens (tertiary/aromatic N) is 1. The van der Waals surface area contributed by atoms with Gasteiger partial charge in [-0.1, -0.05) is 12.1 Å². The average molecular weight is 339 g/mol. The highest BCUT2D eigenvalue weighted by molar-refractivity contribution is 5.98. The van der Waals surface area contributed by atoms with Gasteiger partial charge >= 0.3 is 0 Å². The smallest absolute Gasteiger partial charge is 0.226 e. The van der Waals surface area contributed by atoms with Crippen LogP contribution in [0, 0.1) is 0 Å². The van der Waals surface area contributed by atoms with Crippen LogP contribution in [0.15, 0.2) is 53.1 Å². The average Bonchev–Trinajstić information content (AvgIpc) is 3.09. The zero-order chi connectivity index (χ0) is 17.8. The molecule has 2 aromatic carbocycles. The van der Waals surface area contributed by atoms with E-state index >= 15 is 0 Å². The van der Waals surface area contributed by atoms with Crippen LogP contribution in [0.3, 0.4) is 0 Å². The molecule has 0 radical (unpaired) electrons. The second-order valence-electron chi connectivity index (χ2n) is 5.47. The molecule has 0 aliphatic carbocycles. The van der Waals surface area contributed by atoms with Gasteiger partial charge in [-0.25, -0.2) is 4.98 Å². The number of aromatic hydroxyl groups is 2. The lowest BCUT2D eigenvalue weighted by Gasteiger charge is -2.03. The van der Waals surface area contributed by atoms with Crippen LogP contribution < -0.4 is 4.74 Å². The minimum absolute atomic E-state index is 0.00511. The summed E-state index contributed by atoms with van der Waals surface area (Å²) in [6, 6.07) is 11.3. The predicted octanol–water partition coefficient (Wildman–Crippen LogP) is 3.58. The van der Waals surface area contributed by atoms with Crippen molar-refractivity contribution in [2.45, 2.75) is 12.8 Å². The normalized spacial score (nSPS) is 10.6. The highest BCUT2D eigenvalue weighted by atomic mass is 16.5. The fourth-order valence-electron chi connectivity index (χ4n) is 2.46. The van der Waals surface area contributed by atoms with E-state index in [0.29, 0.717) is 34.9 Å². The molecule has 0 aliphatic heterocycles. The number of carbonyl (C=O) groups is 1. The molecule has 1 aromatic heterocycles. The molecule has 6 heteroatoms. The molecule has 1 heterocycles. The number of hydrogen-bond donors (Lipinski definition) is 2. The summed E-state index contributed by atoms with van der Waals surface area (Å²) in [6.45, 7) is 0. The fraction of sp³-hybridized carbons (Fsp3) is 0.158. The molecule has 0 unspecified atom stereocenters. The lowest BCUT2D eigenvalue weighted by molar-refractivity contribution is 0.0980. The molecule has 0 bridgehead atoms. The highest BCUT2D eigenvalue weighted by Crippen LogP contribution is 2.31. The van der Waals surface area contributed by atoms with Crippen LogP contribution in [0.4, 0.5) is 0 Å². The summed E-state index contributed by atoms with van der Waals surface area (Å²) in [5, 5.41) is 19.5. The Morgan fingerprint density at radius 3 is 2.68 bits per heavy atom. The first kappa shape index (κ1) is 16.6. The lowest BCUT2D eigenvalue weighted by atomic mass is 10.0. The number of aryl methyl sites for hydroxylation is 1.